The summed E-state index contributed by atoms with van der Waals surface area (Å²) in [5, 5.41) is 10.0. The topological polar surface area (TPSA) is 91.2 Å². The number of amides is 2. The second-order valence-corrected chi connectivity index (χ2v) is 7.75. The fourth-order valence-corrected chi connectivity index (χ4v) is 3.38. The van der Waals surface area contributed by atoms with Crippen molar-refractivity contribution >= 4 is 11.8 Å². The summed E-state index contributed by atoms with van der Waals surface area (Å²) in [7, 11) is 1.81. The van der Waals surface area contributed by atoms with Crippen molar-refractivity contribution < 1.29 is 18.4 Å². The van der Waals surface area contributed by atoms with Gasteiger partial charge in [-0.1, -0.05) is 18.6 Å². The zero-order valence-electron chi connectivity index (χ0n) is 18.3. The number of hydrogen-bond acceptors (Lipinski definition) is 4. The van der Waals surface area contributed by atoms with Crippen molar-refractivity contribution in [2.45, 2.75) is 38.5 Å². The highest BCUT2D eigenvalue weighted by molar-refractivity contribution is 5.91. The zero-order valence-corrected chi connectivity index (χ0v) is 18.3. The lowest BCUT2D eigenvalue weighted by molar-refractivity contribution is -0.130. The monoisotopic (exact) mass is 440 g/mol. The van der Waals surface area contributed by atoms with Gasteiger partial charge in [-0.25, -0.2) is 4.39 Å². The van der Waals surface area contributed by atoms with E-state index in [9.17, 15) is 14.0 Å². The van der Waals surface area contributed by atoms with E-state index in [2.05, 4.69) is 15.5 Å². The maximum absolute atomic E-state index is 13.4. The van der Waals surface area contributed by atoms with Gasteiger partial charge in [-0.3, -0.25) is 14.7 Å². The number of unbranched alkanes of at least 4 members (excludes halogenated alkanes) is 2. The van der Waals surface area contributed by atoms with Gasteiger partial charge in [0.25, 0.3) is 5.91 Å². The lowest BCUT2D eigenvalue weighted by Crippen LogP contribution is -2.29. The quantitative estimate of drug-likeness (QED) is 0.413. The second-order valence-electron chi connectivity index (χ2n) is 7.75. The molecule has 32 heavy (non-hydrogen) atoms. The molecule has 0 radical (unpaired) electrons. The molecule has 0 aliphatic rings. The number of benzene rings is 1. The van der Waals surface area contributed by atoms with E-state index in [0.29, 0.717) is 25.9 Å². The summed E-state index contributed by atoms with van der Waals surface area (Å²) < 4.78 is 18.4. The predicted molar refractivity (Wildman–Crippen MR) is 119 cm³/mol. The molecule has 0 aliphatic carbocycles. The molecule has 7 nitrogen and oxygen atoms in total. The molecular formula is C24H29FN4O3. The van der Waals surface area contributed by atoms with Crippen molar-refractivity contribution in [2.75, 3.05) is 20.1 Å². The minimum absolute atomic E-state index is 0.0746. The first-order valence-electron chi connectivity index (χ1n) is 10.9. The normalized spacial score (nSPS) is 10.8. The van der Waals surface area contributed by atoms with Crippen LogP contribution in [0.3, 0.4) is 0 Å². The molecule has 0 atom stereocenters. The van der Waals surface area contributed by atoms with Gasteiger partial charge in [-0.2, -0.15) is 5.10 Å². The SMILES string of the molecule is CN(CCCCCc1cc(-c2cccc(F)c2)n[nH]1)C(=O)CCCNC(=O)c1ccco1. The van der Waals surface area contributed by atoms with Crippen LogP contribution in [-0.4, -0.2) is 47.0 Å². The van der Waals surface area contributed by atoms with Crippen molar-refractivity contribution in [3.8, 4) is 11.3 Å². The molecule has 1 aromatic carbocycles. The molecule has 3 aromatic rings. The first-order chi connectivity index (χ1) is 15.5. The van der Waals surface area contributed by atoms with Gasteiger partial charge in [0.1, 0.15) is 5.82 Å². The summed E-state index contributed by atoms with van der Waals surface area (Å²) in [5.41, 5.74) is 2.52. The highest BCUT2D eigenvalue weighted by atomic mass is 19.1. The fraction of sp³-hybridized carbons (Fsp3) is 0.375. The first kappa shape index (κ1) is 23.2. The Bertz CT molecular complexity index is 1000. The maximum Gasteiger partial charge on any atom is 0.286 e. The number of nitrogens with zero attached hydrogens (tertiary/aromatic N) is 2. The average molecular weight is 441 g/mol. The van der Waals surface area contributed by atoms with Gasteiger partial charge in [-0.15, -0.1) is 0 Å². The summed E-state index contributed by atoms with van der Waals surface area (Å²) in [5.74, 6) is -0.195. The van der Waals surface area contributed by atoms with Crippen LogP contribution in [0, 0.1) is 5.82 Å². The largest absolute Gasteiger partial charge is 0.459 e. The molecule has 0 bridgehead atoms. The lowest BCUT2D eigenvalue weighted by Gasteiger charge is -2.17. The molecule has 3 rings (SSSR count). The number of furan rings is 1. The second kappa shape index (κ2) is 11.8. The van der Waals surface area contributed by atoms with E-state index in [0.717, 1.165) is 42.6 Å². The van der Waals surface area contributed by atoms with Gasteiger partial charge < -0.3 is 14.6 Å². The number of nitrogens with one attached hydrogen (secondary N) is 2. The average Bonchev–Trinajstić information content (AvgIpc) is 3.48. The van der Waals surface area contributed by atoms with Crippen LogP contribution >= 0.6 is 0 Å². The van der Waals surface area contributed by atoms with Gasteiger partial charge >= 0.3 is 0 Å². The Balaban J connectivity index is 1.26. The Hall–Kier alpha value is -3.42. The van der Waals surface area contributed by atoms with Crippen molar-refractivity contribution in [1.29, 1.82) is 0 Å². The van der Waals surface area contributed by atoms with E-state index in [4.69, 9.17) is 4.42 Å². The molecule has 0 saturated heterocycles. The maximum atomic E-state index is 13.4. The van der Waals surface area contributed by atoms with Crippen LogP contribution < -0.4 is 5.32 Å². The van der Waals surface area contributed by atoms with E-state index < -0.39 is 0 Å². The van der Waals surface area contributed by atoms with Crippen LogP contribution in [0.15, 0.2) is 53.1 Å². The molecular weight excluding hydrogens is 411 g/mol. The smallest absolute Gasteiger partial charge is 0.286 e. The molecule has 2 amide bonds. The van der Waals surface area contributed by atoms with E-state index in [-0.39, 0.29) is 23.4 Å². The summed E-state index contributed by atoms with van der Waals surface area (Å²) in [6.07, 6.45) is 6.18. The Morgan fingerprint density at radius 1 is 1.12 bits per heavy atom. The Morgan fingerprint density at radius 3 is 2.78 bits per heavy atom. The Morgan fingerprint density at radius 2 is 2.00 bits per heavy atom. The van der Waals surface area contributed by atoms with E-state index in [1.54, 1.807) is 23.1 Å². The van der Waals surface area contributed by atoms with Crippen molar-refractivity contribution in [1.82, 2.24) is 20.4 Å². The molecule has 0 saturated carbocycles. The van der Waals surface area contributed by atoms with Crippen LogP contribution in [0.25, 0.3) is 11.3 Å². The third-order valence-electron chi connectivity index (χ3n) is 5.21. The number of aromatic amines is 1. The predicted octanol–water partition coefficient (Wildman–Crippen LogP) is 4.19. The summed E-state index contributed by atoms with van der Waals surface area (Å²) >= 11 is 0. The Labute approximate surface area is 187 Å². The van der Waals surface area contributed by atoms with Gasteiger partial charge in [-0.05, 0) is 56.0 Å². The van der Waals surface area contributed by atoms with Crippen LogP contribution in [-0.2, 0) is 11.2 Å². The fourth-order valence-electron chi connectivity index (χ4n) is 3.38. The van der Waals surface area contributed by atoms with Crippen molar-refractivity contribution in [2.24, 2.45) is 0 Å². The van der Waals surface area contributed by atoms with Crippen LogP contribution in [0.1, 0.15) is 48.4 Å². The highest BCUT2D eigenvalue weighted by Crippen LogP contribution is 2.19. The van der Waals surface area contributed by atoms with Crippen LogP contribution in [0.4, 0.5) is 4.39 Å². The lowest BCUT2D eigenvalue weighted by atomic mass is 10.1. The van der Waals surface area contributed by atoms with E-state index in [1.807, 2.05) is 19.2 Å². The molecule has 2 aromatic heterocycles. The number of aromatic nitrogens is 2. The molecule has 0 unspecified atom stereocenters. The molecule has 2 N–H and O–H groups in total. The number of halogens is 1. The number of hydrogen-bond donors (Lipinski definition) is 2. The first-order valence-corrected chi connectivity index (χ1v) is 10.9. The number of rotatable bonds is 12. The van der Waals surface area contributed by atoms with Crippen molar-refractivity contribution in [3.63, 3.8) is 0 Å². The molecule has 8 heteroatoms. The molecule has 2 heterocycles. The van der Waals surface area contributed by atoms with Crippen molar-refractivity contribution in [3.05, 3.63) is 66.0 Å². The number of H-pyrrole nitrogens is 1. The third kappa shape index (κ3) is 7.08. The number of carbonyl (C=O) groups is 2. The molecule has 170 valence electrons. The molecule has 0 aliphatic heterocycles. The standard InChI is InChI=1S/C24H29FN4O3/c1-29(23(30)12-6-13-26-24(31)22-11-7-15-32-22)14-4-2-3-10-20-17-21(28-27-20)18-8-5-9-19(25)16-18/h5,7-9,11,15-17H,2-4,6,10,12-14H2,1H3,(H,26,31)(H,27,28). The molecule has 0 spiro atoms. The van der Waals surface area contributed by atoms with Gasteiger partial charge in [0.15, 0.2) is 5.76 Å². The van der Waals surface area contributed by atoms with Crippen LogP contribution in [0.5, 0.6) is 0 Å². The zero-order chi connectivity index (χ0) is 22.8. The minimum atomic E-state index is -0.274. The summed E-state index contributed by atoms with van der Waals surface area (Å²) in [6, 6.07) is 11.6. The van der Waals surface area contributed by atoms with E-state index in [1.165, 1.54) is 18.4 Å². The summed E-state index contributed by atoms with van der Waals surface area (Å²) in [6.45, 7) is 1.13. The minimum Gasteiger partial charge on any atom is -0.459 e. The van der Waals surface area contributed by atoms with Gasteiger partial charge in [0.2, 0.25) is 5.91 Å². The number of carbonyl (C=O) groups excluding carboxylic acids is 2. The van der Waals surface area contributed by atoms with E-state index >= 15 is 0 Å². The Kier molecular flexibility index (Phi) is 8.60. The highest BCUT2D eigenvalue weighted by Gasteiger charge is 2.10. The number of aryl methyl sites for hydroxylation is 1. The summed E-state index contributed by atoms with van der Waals surface area (Å²) in [4.78, 5) is 25.7. The third-order valence-corrected chi connectivity index (χ3v) is 5.21. The van der Waals surface area contributed by atoms with Gasteiger partial charge in [0, 0.05) is 37.8 Å². The van der Waals surface area contributed by atoms with Gasteiger partial charge in [0.05, 0.1) is 12.0 Å². The molecule has 0 fully saturated rings. The van der Waals surface area contributed by atoms with Crippen LogP contribution in [0.2, 0.25) is 0 Å².